The molecule has 0 unspecified atom stereocenters. The summed E-state index contributed by atoms with van der Waals surface area (Å²) in [6.45, 7) is 1.58. The van der Waals surface area contributed by atoms with E-state index in [1.165, 1.54) is 50.9 Å². The number of allylic oxidation sites excluding steroid dienone is 2. The van der Waals surface area contributed by atoms with Crippen LogP contribution in [0.1, 0.15) is 27.2 Å². The van der Waals surface area contributed by atoms with Gasteiger partial charge in [0, 0.05) is 32.9 Å². The summed E-state index contributed by atoms with van der Waals surface area (Å²) in [6.07, 6.45) is -1.39. The molecule has 0 aliphatic heterocycles. The van der Waals surface area contributed by atoms with E-state index in [1.807, 2.05) is 6.07 Å². The molecule has 1 heterocycles. The molecule has 0 N–H and O–H groups in total. The summed E-state index contributed by atoms with van der Waals surface area (Å²) < 4.78 is 75.3. The van der Waals surface area contributed by atoms with E-state index in [1.54, 1.807) is 31.2 Å². The number of ketones is 1. The fourth-order valence-electron chi connectivity index (χ4n) is 4.18. The number of hydrogen-bond donors (Lipinski definition) is 0. The van der Waals surface area contributed by atoms with Crippen molar-refractivity contribution >= 4 is 22.7 Å². The van der Waals surface area contributed by atoms with Gasteiger partial charge in [0.15, 0.2) is 17.3 Å². The molecule has 0 amide bonds. The number of benzene rings is 2. The topological polar surface area (TPSA) is 44.8 Å². The summed E-state index contributed by atoms with van der Waals surface area (Å²) in [7, 11) is 4.02. The Kier molecular flexibility index (Phi) is 6.40. The van der Waals surface area contributed by atoms with Crippen LogP contribution < -0.4 is 14.2 Å². The van der Waals surface area contributed by atoms with Gasteiger partial charge in [0.25, 0.3) is 0 Å². The lowest BCUT2D eigenvalue weighted by molar-refractivity contribution is -0.161. The van der Waals surface area contributed by atoms with Gasteiger partial charge in [-0.15, -0.1) is 11.3 Å². The number of hydrogen-bond acceptors (Lipinski definition) is 5. The van der Waals surface area contributed by atoms with Crippen LogP contribution in [0.2, 0.25) is 0 Å². The zero-order chi connectivity index (χ0) is 25.5. The van der Waals surface area contributed by atoms with Crippen molar-refractivity contribution in [2.45, 2.75) is 25.2 Å². The van der Waals surface area contributed by atoms with E-state index in [9.17, 15) is 13.6 Å². The molecule has 1 aliphatic carbocycles. The number of carbonyl (C=O) groups is 1. The lowest BCUT2D eigenvalue weighted by atomic mass is 9.94. The second-order valence-electron chi connectivity index (χ2n) is 8.00. The molecule has 1 aromatic heterocycles. The SMILES string of the molecule is COc1cc(C(=O)C2=C(c3cc(-c4ccccc4)sc3C)C(F)(F)C(F)(F)C2)cc(OC)c1OC. The van der Waals surface area contributed by atoms with Crippen molar-refractivity contribution in [2.75, 3.05) is 21.3 Å². The smallest absolute Gasteiger partial charge is 0.336 e. The molecular formula is C26H22F4O4S. The van der Waals surface area contributed by atoms with Crippen molar-refractivity contribution in [1.82, 2.24) is 0 Å². The lowest BCUT2D eigenvalue weighted by Gasteiger charge is -2.21. The summed E-state index contributed by atoms with van der Waals surface area (Å²) >= 11 is 1.20. The Bertz CT molecular complexity index is 1290. The third-order valence-corrected chi connectivity index (χ3v) is 7.02. The number of aryl methyl sites for hydroxylation is 1. The standard InChI is InChI=1S/C26H22F4O4S/c1-14-17(12-21(35-14)15-8-6-5-7-9-15)22-18(13-25(27,28)26(22,29)30)23(31)16-10-19(32-2)24(34-4)20(11-16)33-3/h5-12H,13H2,1-4H3. The fourth-order valence-corrected chi connectivity index (χ4v) is 5.21. The Labute approximate surface area is 203 Å². The van der Waals surface area contributed by atoms with Gasteiger partial charge in [0.1, 0.15) is 0 Å². The predicted octanol–water partition coefficient (Wildman–Crippen LogP) is 7.06. The average Bonchev–Trinajstić information content (AvgIpc) is 3.31. The molecule has 9 heteroatoms. The number of ether oxygens (including phenoxy) is 3. The summed E-state index contributed by atoms with van der Waals surface area (Å²) in [4.78, 5) is 14.5. The Morgan fingerprint density at radius 1 is 0.914 bits per heavy atom. The van der Waals surface area contributed by atoms with E-state index < -0.39 is 35.2 Å². The largest absolute Gasteiger partial charge is 0.493 e. The number of alkyl halides is 4. The molecule has 1 aliphatic rings. The molecular weight excluding hydrogens is 484 g/mol. The maximum Gasteiger partial charge on any atom is 0.336 e. The van der Waals surface area contributed by atoms with Gasteiger partial charge >= 0.3 is 11.8 Å². The Morgan fingerprint density at radius 2 is 1.51 bits per heavy atom. The van der Waals surface area contributed by atoms with Gasteiger partial charge in [-0.05, 0) is 36.2 Å². The molecule has 0 spiro atoms. The average molecular weight is 507 g/mol. The maximum absolute atomic E-state index is 15.2. The third kappa shape index (κ3) is 4.07. The number of carbonyl (C=O) groups excluding carboxylic acids is 1. The van der Waals surface area contributed by atoms with Crippen molar-refractivity contribution in [3.8, 4) is 27.7 Å². The van der Waals surface area contributed by atoms with Crippen molar-refractivity contribution in [2.24, 2.45) is 0 Å². The van der Waals surface area contributed by atoms with Crippen LogP contribution in [0.5, 0.6) is 17.2 Å². The second-order valence-corrected chi connectivity index (χ2v) is 9.26. The molecule has 0 atom stereocenters. The first-order chi connectivity index (χ1) is 16.6. The van der Waals surface area contributed by atoms with Crippen LogP contribution in [0.25, 0.3) is 16.0 Å². The molecule has 0 bridgehead atoms. The molecule has 184 valence electrons. The van der Waals surface area contributed by atoms with Crippen molar-refractivity contribution < 1.29 is 36.6 Å². The Hall–Kier alpha value is -3.33. The molecule has 35 heavy (non-hydrogen) atoms. The van der Waals surface area contributed by atoms with Gasteiger partial charge in [-0.3, -0.25) is 4.79 Å². The summed E-state index contributed by atoms with van der Waals surface area (Å²) in [5.41, 5.74) is -1.02. The number of Topliss-reactive ketones (excluding diaryl/α,β-unsaturated/α-hetero) is 1. The molecule has 0 saturated carbocycles. The van der Waals surface area contributed by atoms with E-state index in [-0.39, 0.29) is 28.4 Å². The van der Waals surface area contributed by atoms with Crippen LogP contribution in [-0.2, 0) is 0 Å². The highest BCUT2D eigenvalue weighted by atomic mass is 32.1. The molecule has 0 radical (unpaired) electrons. The van der Waals surface area contributed by atoms with Crippen LogP contribution in [0.3, 0.4) is 0 Å². The minimum absolute atomic E-state index is 0.0631. The van der Waals surface area contributed by atoms with Crippen LogP contribution in [0.15, 0.2) is 54.1 Å². The quantitative estimate of drug-likeness (QED) is 0.254. The van der Waals surface area contributed by atoms with Crippen molar-refractivity contribution in [3.05, 3.63) is 70.1 Å². The third-order valence-electron chi connectivity index (χ3n) is 5.92. The van der Waals surface area contributed by atoms with E-state index in [4.69, 9.17) is 14.2 Å². The minimum Gasteiger partial charge on any atom is -0.493 e. The minimum atomic E-state index is -4.53. The fraction of sp³-hybridized carbons (Fsp3) is 0.269. The lowest BCUT2D eigenvalue weighted by Crippen LogP contribution is -2.36. The predicted molar refractivity (Wildman–Crippen MR) is 126 cm³/mol. The van der Waals surface area contributed by atoms with E-state index in [0.29, 0.717) is 9.75 Å². The Morgan fingerprint density at radius 3 is 2.06 bits per heavy atom. The molecule has 0 fully saturated rings. The zero-order valence-electron chi connectivity index (χ0n) is 19.4. The van der Waals surface area contributed by atoms with E-state index in [2.05, 4.69) is 0 Å². The van der Waals surface area contributed by atoms with Crippen LogP contribution in [-0.4, -0.2) is 39.0 Å². The number of thiophene rings is 1. The Balaban J connectivity index is 1.91. The van der Waals surface area contributed by atoms with Gasteiger partial charge in [0.2, 0.25) is 5.75 Å². The highest BCUT2D eigenvalue weighted by Crippen LogP contribution is 2.57. The molecule has 0 saturated heterocycles. The highest BCUT2D eigenvalue weighted by Gasteiger charge is 2.65. The summed E-state index contributed by atoms with van der Waals surface area (Å²) in [5, 5.41) is 0. The van der Waals surface area contributed by atoms with Crippen LogP contribution in [0, 0.1) is 6.92 Å². The first kappa shape index (κ1) is 24.8. The van der Waals surface area contributed by atoms with E-state index >= 15 is 8.78 Å². The van der Waals surface area contributed by atoms with Gasteiger partial charge in [-0.2, -0.15) is 17.6 Å². The normalized spacial score (nSPS) is 16.3. The first-order valence-corrected chi connectivity index (χ1v) is 11.4. The first-order valence-electron chi connectivity index (χ1n) is 10.6. The van der Waals surface area contributed by atoms with Crippen molar-refractivity contribution in [3.63, 3.8) is 0 Å². The number of halogens is 4. The van der Waals surface area contributed by atoms with Crippen LogP contribution >= 0.6 is 11.3 Å². The molecule has 4 rings (SSSR count). The summed E-state index contributed by atoms with van der Waals surface area (Å²) in [5.74, 6) is -9.51. The maximum atomic E-state index is 15.2. The van der Waals surface area contributed by atoms with Crippen LogP contribution in [0.4, 0.5) is 17.6 Å². The zero-order valence-corrected chi connectivity index (χ0v) is 20.2. The molecule has 2 aromatic carbocycles. The number of rotatable bonds is 7. The van der Waals surface area contributed by atoms with Gasteiger partial charge in [-0.1, -0.05) is 30.3 Å². The molecule has 4 nitrogen and oxygen atoms in total. The second kappa shape index (κ2) is 9.03. The van der Waals surface area contributed by atoms with Crippen molar-refractivity contribution in [1.29, 1.82) is 0 Å². The molecule has 3 aromatic rings. The summed E-state index contributed by atoms with van der Waals surface area (Å²) in [6, 6.07) is 13.0. The van der Waals surface area contributed by atoms with E-state index in [0.717, 1.165) is 5.56 Å². The number of methoxy groups -OCH3 is 3. The van der Waals surface area contributed by atoms with Gasteiger partial charge in [0.05, 0.1) is 21.3 Å². The monoisotopic (exact) mass is 506 g/mol. The van der Waals surface area contributed by atoms with Gasteiger partial charge < -0.3 is 14.2 Å². The highest BCUT2D eigenvalue weighted by molar-refractivity contribution is 7.15. The van der Waals surface area contributed by atoms with Gasteiger partial charge in [-0.25, -0.2) is 0 Å².